The van der Waals surface area contributed by atoms with E-state index < -0.39 is 18.1 Å². The number of nitrogens with zero attached hydrogens (tertiary/aromatic N) is 5. The van der Waals surface area contributed by atoms with Gasteiger partial charge in [-0.25, -0.2) is 4.98 Å². The Morgan fingerprint density at radius 3 is 2.71 bits per heavy atom. The third-order valence-corrected chi connectivity index (χ3v) is 4.13. The number of halogens is 3. The van der Waals surface area contributed by atoms with E-state index >= 15 is 0 Å². The van der Waals surface area contributed by atoms with Gasteiger partial charge in [-0.2, -0.15) is 13.2 Å². The van der Waals surface area contributed by atoms with Crippen LogP contribution in [0.5, 0.6) is 0 Å². The minimum Gasteiger partial charge on any atom is -0.387 e. The average molecular weight is 319 g/mol. The second-order valence-electron chi connectivity index (χ2n) is 4.74. The molecule has 2 aromatic rings. The molecule has 0 aliphatic carbocycles. The fraction of sp³-hybridized carbons (Fsp3) is 0.545. The summed E-state index contributed by atoms with van der Waals surface area (Å²) in [7, 11) is 0. The molecule has 10 heteroatoms. The Balaban J connectivity index is 1.83. The fourth-order valence-corrected chi connectivity index (χ4v) is 3.08. The SMILES string of the molecule is CC(O)c1csc(N2CCn3c(nnc3C(F)(F)F)C2)n1. The first kappa shape index (κ1) is 14.3. The van der Waals surface area contributed by atoms with Crippen LogP contribution < -0.4 is 4.90 Å². The molecule has 1 atom stereocenters. The number of aliphatic hydroxyl groups excluding tert-OH is 1. The molecule has 0 saturated heterocycles. The Morgan fingerprint density at radius 2 is 2.10 bits per heavy atom. The molecule has 0 spiro atoms. The summed E-state index contributed by atoms with van der Waals surface area (Å²) in [4.78, 5) is 6.11. The number of aromatic nitrogens is 4. The maximum atomic E-state index is 12.7. The Morgan fingerprint density at radius 1 is 1.33 bits per heavy atom. The van der Waals surface area contributed by atoms with Gasteiger partial charge in [0.05, 0.1) is 18.3 Å². The van der Waals surface area contributed by atoms with Crippen molar-refractivity contribution in [1.29, 1.82) is 0 Å². The maximum absolute atomic E-state index is 12.7. The second kappa shape index (κ2) is 4.95. The maximum Gasteiger partial charge on any atom is 0.451 e. The van der Waals surface area contributed by atoms with Crippen LogP contribution in [0, 0.1) is 0 Å². The van der Waals surface area contributed by atoms with Crippen molar-refractivity contribution in [3.05, 3.63) is 22.7 Å². The quantitative estimate of drug-likeness (QED) is 0.915. The first-order valence-electron chi connectivity index (χ1n) is 6.24. The Bertz CT molecular complexity index is 651. The summed E-state index contributed by atoms with van der Waals surface area (Å²) in [6.45, 7) is 2.37. The number of rotatable bonds is 2. The van der Waals surface area contributed by atoms with E-state index in [0.717, 1.165) is 4.57 Å². The minimum absolute atomic E-state index is 0.154. The number of hydrogen-bond acceptors (Lipinski definition) is 6. The van der Waals surface area contributed by atoms with Gasteiger partial charge in [0.2, 0.25) is 5.82 Å². The molecule has 0 radical (unpaired) electrons. The van der Waals surface area contributed by atoms with Crippen molar-refractivity contribution in [3.63, 3.8) is 0 Å². The first-order chi connectivity index (χ1) is 9.86. The van der Waals surface area contributed by atoms with Crippen LogP contribution in [0.3, 0.4) is 0 Å². The van der Waals surface area contributed by atoms with Crippen LogP contribution >= 0.6 is 11.3 Å². The highest BCUT2D eigenvalue weighted by Crippen LogP contribution is 2.31. The molecule has 0 bridgehead atoms. The van der Waals surface area contributed by atoms with Gasteiger partial charge in [0, 0.05) is 18.5 Å². The highest BCUT2D eigenvalue weighted by atomic mass is 32.1. The standard InChI is InChI=1S/C11H12F3N5OS/c1-6(20)7-5-21-10(15-7)18-2-3-19-8(4-18)16-17-9(19)11(12,13)14/h5-6,20H,2-4H2,1H3. The molecule has 0 fully saturated rings. The third-order valence-electron chi connectivity index (χ3n) is 3.22. The topological polar surface area (TPSA) is 67.1 Å². The van der Waals surface area contributed by atoms with Crippen molar-refractivity contribution in [2.75, 3.05) is 11.4 Å². The predicted molar refractivity (Wildman–Crippen MR) is 68.8 cm³/mol. The van der Waals surface area contributed by atoms with Gasteiger partial charge >= 0.3 is 6.18 Å². The molecule has 2 aromatic heterocycles. The molecule has 3 heterocycles. The highest BCUT2D eigenvalue weighted by Gasteiger charge is 2.39. The third kappa shape index (κ3) is 2.60. The molecule has 0 saturated carbocycles. The Hall–Kier alpha value is -1.68. The Labute approximate surface area is 121 Å². The monoisotopic (exact) mass is 319 g/mol. The van der Waals surface area contributed by atoms with E-state index in [0.29, 0.717) is 17.4 Å². The molecular weight excluding hydrogens is 307 g/mol. The number of hydrogen-bond donors (Lipinski definition) is 1. The average Bonchev–Trinajstić information content (AvgIpc) is 3.04. The largest absolute Gasteiger partial charge is 0.451 e. The summed E-state index contributed by atoms with van der Waals surface area (Å²) in [5.41, 5.74) is 0.554. The van der Waals surface area contributed by atoms with Crippen LogP contribution in [0.4, 0.5) is 18.3 Å². The molecule has 1 N–H and O–H groups in total. The van der Waals surface area contributed by atoms with Crippen LogP contribution in [0.2, 0.25) is 0 Å². The summed E-state index contributed by atoms with van der Waals surface area (Å²) >= 11 is 1.35. The lowest BCUT2D eigenvalue weighted by Gasteiger charge is -2.27. The molecular formula is C11H12F3N5OS. The lowest BCUT2D eigenvalue weighted by Crippen LogP contribution is -2.35. The van der Waals surface area contributed by atoms with E-state index in [4.69, 9.17) is 0 Å². The van der Waals surface area contributed by atoms with Crippen molar-refractivity contribution < 1.29 is 18.3 Å². The van der Waals surface area contributed by atoms with Gasteiger partial charge in [-0.1, -0.05) is 0 Å². The van der Waals surface area contributed by atoms with E-state index in [-0.39, 0.29) is 18.9 Å². The fourth-order valence-electron chi connectivity index (χ4n) is 2.14. The van der Waals surface area contributed by atoms with Gasteiger partial charge in [-0.05, 0) is 6.92 Å². The van der Waals surface area contributed by atoms with Crippen molar-refractivity contribution in [2.24, 2.45) is 0 Å². The van der Waals surface area contributed by atoms with E-state index in [1.54, 1.807) is 12.3 Å². The van der Waals surface area contributed by atoms with Gasteiger partial charge in [0.1, 0.15) is 0 Å². The summed E-state index contributed by atoms with van der Waals surface area (Å²) in [5, 5.41) is 18.7. The summed E-state index contributed by atoms with van der Waals surface area (Å²) in [5.74, 6) is -0.691. The number of fused-ring (bicyclic) bond motifs is 1. The number of alkyl halides is 3. The van der Waals surface area contributed by atoms with Gasteiger partial charge < -0.3 is 14.6 Å². The molecule has 6 nitrogen and oxygen atoms in total. The van der Waals surface area contributed by atoms with Crippen LogP contribution in [0.15, 0.2) is 5.38 Å². The van der Waals surface area contributed by atoms with Crippen LogP contribution in [0.1, 0.15) is 30.4 Å². The molecule has 0 amide bonds. The van der Waals surface area contributed by atoms with Crippen LogP contribution in [-0.4, -0.2) is 31.4 Å². The molecule has 1 unspecified atom stereocenters. The van der Waals surface area contributed by atoms with Gasteiger partial charge in [0.25, 0.3) is 0 Å². The smallest absolute Gasteiger partial charge is 0.387 e. The Kier molecular flexibility index (Phi) is 3.36. The molecule has 3 rings (SSSR count). The molecule has 1 aliphatic rings. The highest BCUT2D eigenvalue weighted by molar-refractivity contribution is 7.13. The summed E-state index contributed by atoms with van der Waals surface area (Å²) in [6, 6.07) is 0. The van der Waals surface area contributed by atoms with E-state index in [1.807, 2.05) is 4.90 Å². The van der Waals surface area contributed by atoms with Crippen molar-refractivity contribution >= 4 is 16.5 Å². The zero-order chi connectivity index (χ0) is 15.2. The minimum atomic E-state index is -4.49. The lowest BCUT2D eigenvalue weighted by atomic mass is 10.3. The van der Waals surface area contributed by atoms with Crippen LogP contribution in [0.25, 0.3) is 0 Å². The first-order valence-corrected chi connectivity index (χ1v) is 7.12. The lowest BCUT2D eigenvalue weighted by molar-refractivity contribution is -0.147. The molecule has 1 aliphatic heterocycles. The summed E-state index contributed by atoms with van der Waals surface area (Å²) in [6.07, 6.45) is -5.16. The van der Waals surface area contributed by atoms with E-state index in [1.165, 1.54) is 11.3 Å². The van der Waals surface area contributed by atoms with Gasteiger partial charge in [-0.15, -0.1) is 21.5 Å². The van der Waals surface area contributed by atoms with E-state index in [2.05, 4.69) is 15.2 Å². The zero-order valence-corrected chi connectivity index (χ0v) is 11.8. The van der Waals surface area contributed by atoms with Crippen LogP contribution in [-0.2, 0) is 19.3 Å². The van der Waals surface area contributed by atoms with Crippen molar-refractivity contribution in [1.82, 2.24) is 19.7 Å². The summed E-state index contributed by atoms with van der Waals surface area (Å²) < 4.78 is 39.3. The van der Waals surface area contributed by atoms with Crippen molar-refractivity contribution in [3.8, 4) is 0 Å². The zero-order valence-electron chi connectivity index (χ0n) is 11.0. The van der Waals surface area contributed by atoms with Gasteiger partial charge in [-0.3, -0.25) is 0 Å². The van der Waals surface area contributed by atoms with Gasteiger partial charge in [0.15, 0.2) is 11.0 Å². The number of thiazole rings is 1. The normalized spacial score (nSPS) is 16.9. The molecule has 114 valence electrons. The second-order valence-corrected chi connectivity index (χ2v) is 5.58. The van der Waals surface area contributed by atoms with Crippen molar-refractivity contribution in [2.45, 2.75) is 32.3 Å². The number of aliphatic hydroxyl groups is 1. The van der Waals surface area contributed by atoms with E-state index in [9.17, 15) is 18.3 Å². The predicted octanol–water partition coefficient (Wildman–Crippen LogP) is 1.83. The molecule has 21 heavy (non-hydrogen) atoms. The molecule has 0 aromatic carbocycles. The number of anilines is 1.